The van der Waals surface area contributed by atoms with Gasteiger partial charge in [0.2, 0.25) is 5.91 Å². The number of nitrogens with one attached hydrogen (secondary N) is 2. The molecule has 0 saturated carbocycles. The van der Waals surface area contributed by atoms with Crippen LogP contribution < -0.4 is 10.6 Å². The minimum Gasteiger partial charge on any atom is -0.325 e. The Morgan fingerprint density at radius 1 is 1.17 bits per heavy atom. The number of benzene rings is 1. The lowest BCUT2D eigenvalue weighted by molar-refractivity contribution is -0.121. The Hall–Kier alpha value is -1.68. The van der Waals surface area contributed by atoms with E-state index in [4.69, 9.17) is 0 Å². The summed E-state index contributed by atoms with van der Waals surface area (Å²) >= 11 is 0. The van der Waals surface area contributed by atoms with Gasteiger partial charge in [-0.05, 0) is 51.6 Å². The van der Waals surface area contributed by atoms with Gasteiger partial charge in [-0.1, -0.05) is 6.92 Å². The number of Topliss-reactive ketones (excluding diaryl/α,β-unsaturated/α-hetero) is 1. The zero-order valence-corrected chi connectivity index (χ0v) is 11.3. The second-order valence-electron chi connectivity index (χ2n) is 4.74. The van der Waals surface area contributed by atoms with E-state index < -0.39 is 5.54 Å². The van der Waals surface area contributed by atoms with Crippen molar-refractivity contribution in [2.45, 2.75) is 33.2 Å². The van der Waals surface area contributed by atoms with Crippen LogP contribution in [0.4, 0.5) is 5.69 Å². The van der Waals surface area contributed by atoms with Crippen LogP contribution in [0.3, 0.4) is 0 Å². The maximum atomic E-state index is 12.0. The first kappa shape index (κ1) is 14.4. The molecule has 0 aliphatic heterocycles. The van der Waals surface area contributed by atoms with Gasteiger partial charge in [0.15, 0.2) is 5.78 Å². The van der Waals surface area contributed by atoms with Gasteiger partial charge in [-0.3, -0.25) is 9.59 Å². The molecule has 0 radical (unpaired) electrons. The first-order valence-corrected chi connectivity index (χ1v) is 6.04. The van der Waals surface area contributed by atoms with Crippen LogP contribution in [0.15, 0.2) is 24.3 Å². The summed E-state index contributed by atoms with van der Waals surface area (Å²) in [6.07, 6.45) is 0. The molecule has 1 aromatic carbocycles. The van der Waals surface area contributed by atoms with Crippen LogP contribution in [0.1, 0.15) is 38.1 Å². The largest absolute Gasteiger partial charge is 0.325 e. The van der Waals surface area contributed by atoms with E-state index in [0.717, 1.165) is 6.54 Å². The van der Waals surface area contributed by atoms with E-state index in [-0.39, 0.29) is 11.7 Å². The van der Waals surface area contributed by atoms with Gasteiger partial charge in [0.05, 0.1) is 5.54 Å². The maximum absolute atomic E-state index is 12.0. The lowest BCUT2D eigenvalue weighted by atomic mass is 10.0. The Labute approximate surface area is 108 Å². The van der Waals surface area contributed by atoms with Crippen molar-refractivity contribution in [3.8, 4) is 0 Å². The van der Waals surface area contributed by atoms with Crippen molar-refractivity contribution in [2.24, 2.45) is 0 Å². The van der Waals surface area contributed by atoms with Gasteiger partial charge >= 0.3 is 0 Å². The third-order valence-corrected chi connectivity index (χ3v) is 2.74. The van der Waals surface area contributed by atoms with Crippen LogP contribution in [0, 0.1) is 0 Å². The van der Waals surface area contributed by atoms with Gasteiger partial charge in [0.25, 0.3) is 0 Å². The summed E-state index contributed by atoms with van der Waals surface area (Å²) in [6.45, 7) is 7.85. The molecule has 0 atom stereocenters. The molecule has 4 nitrogen and oxygen atoms in total. The molecule has 0 aliphatic rings. The quantitative estimate of drug-likeness (QED) is 0.785. The predicted octanol–water partition coefficient (Wildman–Crippen LogP) is 2.22. The van der Waals surface area contributed by atoms with Crippen LogP contribution in [-0.2, 0) is 4.79 Å². The Bertz CT molecular complexity index is 436. The molecule has 0 unspecified atom stereocenters. The second-order valence-corrected chi connectivity index (χ2v) is 4.74. The summed E-state index contributed by atoms with van der Waals surface area (Å²) < 4.78 is 0. The van der Waals surface area contributed by atoms with Crippen molar-refractivity contribution in [1.29, 1.82) is 0 Å². The van der Waals surface area contributed by atoms with Crippen molar-refractivity contribution in [1.82, 2.24) is 5.32 Å². The third kappa shape index (κ3) is 3.67. The highest BCUT2D eigenvalue weighted by Gasteiger charge is 2.25. The van der Waals surface area contributed by atoms with E-state index in [0.29, 0.717) is 11.3 Å². The van der Waals surface area contributed by atoms with Crippen LogP contribution >= 0.6 is 0 Å². The minimum atomic E-state index is -0.617. The van der Waals surface area contributed by atoms with Crippen LogP contribution in [0.2, 0.25) is 0 Å². The summed E-state index contributed by atoms with van der Waals surface area (Å²) in [4.78, 5) is 23.1. The van der Waals surface area contributed by atoms with E-state index in [1.54, 1.807) is 24.3 Å². The highest BCUT2D eigenvalue weighted by Crippen LogP contribution is 2.12. The van der Waals surface area contributed by atoms with E-state index in [1.807, 2.05) is 20.8 Å². The Morgan fingerprint density at radius 3 is 2.17 bits per heavy atom. The molecule has 4 heteroatoms. The molecule has 2 N–H and O–H groups in total. The van der Waals surface area contributed by atoms with Crippen LogP contribution in [0.5, 0.6) is 0 Å². The monoisotopic (exact) mass is 248 g/mol. The number of likely N-dealkylation sites (N-methyl/N-ethyl adjacent to an activating group) is 1. The van der Waals surface area contributed by atoms with Gasteiger partial charge in [0, 0.05) is 11.3 Å². The third-order valence-electron chi connectivity index (χ3n) is 2.74. The van der Waals surface area contributed by atoms with Gasteiger partial charge in [-0.15, -0.1) is 0 Å². The predicted molar refractivity (Wildman–Crippen MR) is 72.8 cm³/mol. The molecular weight excluding hydrogens is 228 g/mol. The van der Waals surface area contributed by atoms with Gasteiger partial charge in [-0.25, -0.2) is 0 Å². The maximum Gasteiger partial charge on any atom is 0.244 e. The molecule has 1 aromatic rings. The molecule has 0 fully saturated rings. The Balaban J connectivity index is 2.73. The van der Waals surface area contributed by atoms with E-state index in [2.05, 4.69) is 10.6 Å². The van der Waals surface area contributed by atoms with Crippen molar-refractivity contribution in [3.63, 3.8) is 0 Å². The van der Waals surface area contributed by atoms with Gasteiger partial charge in [0.1, 0.15) is 0 Å². The fraction of sp³-hybridized carbons (Fsp3) is 0.429. The topological polar surface area (TPSA) is 58.2 Å². The molecule has 0 spiro atoms. The molecule has 0 aliphatic carbocycles. The molecular formula is C14H20N2O2. The number of ketones is 1. The van der Waals surface area contributed by atoms with E-state index in [9.17, 15) is 9.59 Å². The molecule has 1 amide bonds. The molecule has 1 rings (SSSR count). The van der Waals surface area contributed by atoms with Crippen molar-refractivity contribution in [2.75, 3.05) is 11.9 Å². The van der Waals surface area contributed by atoms with Crippen molar-refractivity contribution < 1.29 is 9.59 Å². The molecule has 0 bridgehead atoms. The molecule has 98 valence electrons. The standard InChI is InChI=1S/C14H20N2O2/c1-5-15-14(3,4)13(18)16-12-8-6-11(7-9-12)10(2)17/h6-9,15H,5H2,1-4H3,(H,16,18). The highest BCUT2D eigenvalue weighted by molar-refractivity contribution is 5.98. The van der Waals surface area contributed by atoms with Crippen LogP contribution in [-0.4, -0.2) is 23.8 Å². The summed E-state index contributed by atoms with van der Waals surface area (Å²) in [5.74, 6) is -0.0826. The number of anilines is 1. The fourth-order valence-electron chi connectivity index (χ4n) is 1.60. The smallest absolute Gasteiger partial charge is 0.244 e. The molecule has 0 saturated heterocycles. The Kier molecular flexibility index (Phi) is 4.62. The first-order chi connectivity index (χ1) is 8.36. The number of carbonyl (C=O) groups excluding carboxylic acids is 2. The highest BCUT2D eigenvalue weighted by atomic mass is 16.2. The number of carbonyl (C=O) groups is 2. The molecule has 18 heavy (non-hydrogen) atoms. The number of amides is 1. The lowest BCUT2D eigenvalue weighted by Crippen LogP contribution is -2.49. The zero-order valence-electron chi connectivity index (χ0n) is 11.3. The summed E-state index contributed by atoms with van der Waals surface area (Å²) in [5.41, 5.74) is 0.712. The molecule has 0 aromatic heterocycles. The fourth-order valence-corrected chi connectivity index (χ4v) is 1.60. The van der Waals surface area contributed by atoms with E-state index in [1.165, 1.54) is 6.92 Å². The first-order valence-electron chi connectivity index (χ1n) is 6.04. The Morgan fingerprint density at radius 2 is 1.72 bits per heavy atom. The SMILES string of the molecule is CCNC(C)(C)C(=O)Nc1ccc(C(C)=O)cc1. The summed E-state index contributed by atoms with van der Waals surface area (Å²) in [7, 11) is 0. The average molecular weight is 248 g/mol. The van der Waals surface area contributed by atoms with Gasteiger partial charge in [-0.2, -0.15) is 0 Å². The van der Waals surface area contributed by atoms with Gasteiger partial charge < -0.3 is 10.6 Å². The number of hydrogen-bond acceptors (Lipinski definition) is 3. The van der Waals surface area contributed by atoms with Crippen molar-refractivity contribution in [3.05, 3.63) is 29.8 Å². The normalized spacial score (nSPS) is 11.1. The zero-order chi connectivity index (χ0) is 13.8. The van der Waals surface area contributed by atoms with E-state index >= 15 is 0 Å². The minimum absolute atomic E-state index is 0.0147. The average Bonchev–Trinajstić information content (AvgIpc) is 2.29. The van der Waals surface area contributed by atoms with Crippen molar-refractivity contribution >= 4 is 17.4 Å². The molecule has 0 heterocycles. The lowest BCUT2D eigenvalue weighted by Gasteiger charge is -2.24. The second kappa shape index (κ2) is 5.78. The number of rotatable bonds is 5. The number of hydrogen-bond donors (Lipinski definition) is 2. The summed E-state index contributed by atoms with van der Waals surface area (Å²) in [5, 5.41) is 5.93. The summed E-state index contributed by atoms with van der Waals surface area (Å²) in [6, 6.07) is 6.88. The van der Waals surface area contributed by atoms with Crippen LogP contribution in [0.25, 0.3) is 0 Å².